The Bertz CT molecular complexity index is 847. The van der Waals surface area contributed by atoms with E-state index in [0.29, 0.717) is 13.0 Å². The molecule has 0 spiro atoms. The van der Waals surface area contributed by atoms with Crippen LogP contribution in [-0.2, 0) is 6.42 Å². The zero-order valence-corrected chi connectivity index (χ0v) is 14.0. The van der Waals surface area contributed by atoms with E-state index in [1.165, 1.54) is 17.3 Å². The second-order valence-electron chi connectivity index (χ2n) is 5.17. The fourth-order valence-corrected chi connectivity index (χ4v) is 3.27. The number of nitrogens with two attached hydrogens (primary N) is 1. The number of rotatable bonds is 5. The Morgan fingerprint density at radius 1 is 1.21 bits per heavy atom. The minimum Gasteiger partial charge on any atom is -0.382 e. The summed E-state index contributed by atoms with van der Waals surface area (Å²) < 4.78 is 0. The summed E-state index contributed by atoms with van der Waals surface area (Å²) in [7, 11) is 0. The fraction of sp³-hybridized carbons (Fsp3) is 0.176. The molecule has 0 atom stereocenters. The molecule has 6 nitrogen and oxygen atoms in total. The van der Waals surface area contributed by atoms with Gasteiger partial charge in [-0.05, 0) is 6.92 Å². The van der Waals surface area contributed by atoms with E-state index in [1.54, 1.807) is 11.3 Å². The molecule has 1 amide bonds. The van der Waals surface area contributed by atoms with Crippen LogP contribution in [0.5, 0.6) is 0 Å². The third-order valence-electron chi connectivity index (χ3n) is 3.45. The molecule has 0 saturated carbocycles. The van der Waals surface area contributed by atoms with Gasteiger partial charge in [-0.3, -0.25) is 4.79 Å². The highest BCUT2D eigenvalue weighted by atomic mass is 32.1. The summed E-state index contributed by atoms with van der Waals surface area (Å²) in [5.74, 6) is -0.191. The van der Waals surface area contributed by atoms with Gasteiger partial charge in [-0.1, -0.05) is 30.3 Å². The topological polar surface area (TPSA) is 93.8 Å². The normalized spacial score (nSPS) is 10.5. The number of carbonyl (C=O) groups is 1. The summed E-state index contributed by atoms with van der Waals surface area (Å²) in [6.45, 7) is 2.53. The molecule has 0 saturated heterocycles. The zero-order valence-electron chi connectivity index (χ0n) is 13.2. The first-order valence-electron chi connectivity index (χ1n) is 7.51. The Morgan fingerprint density at radius 2 is 1.96 bits per heavy atom. The van der Waals surface area contributed by atoms with Gasteiger partial charge in [0.15, 0.2) is 11.5 Å². The van der Waals surface area contributed by atoms with Crippen molar-refractivity contribution >= 4 is 23.1 Å². The number of benzene rings is 1. The Kier molecular flexibility index (Phi) is 4.81. The third-order valence-corrected chi connectivity index (χ3v) is 4.48. The molecule has 0 aliphatic carbocycles. The molecular weight excluding hydrogens is 322 g/mol. The summed E-state index contributed by atoms with van der Waals surface area (Å²) in [6.07, 6.45) is 3.56. The van der Waals surface area contributed by atoms with Crippen molar-refractivity contribution < 1.29 is 4.79 Å². The standard InChI is InChI=1S/C17H17N5OS/c1-11-14(12-5-3-2-4-6-12)22-13(24-11)7-8-21-17(23)15-16(18)20-10-9-19-15/h2-6,9-10H,7-8H2,1H3,(H2,18,20)(H,21,23). The van der Waals surface area contributed by atoms with Crippen LogP contribution in [0.15, 0.2) is 42.7 Å². The van der Waals surface area contributed by atoms with E-state index in [-0.39, 0.29) is 17.4 Å². The molecule has 0 radical (unpaired) electrons. The third kappa shape index (κ3) is 3.57. The van der Waals surface area contributed by atoms with Gasteiger partial charge < -0.3 is 11.1 Å². The quantitative estimate of drug-likeness (QED) is 0.745. The Balaban J connectivity index is 1.62. The van der Waals surface area contributed by atoms with Gasteiger partial charge in [-0.25, -0.2) is 15.0 Å². The molecule has 3 aromatic rings. The van der Waals surface area contributed by atoms with Crippen LogP contribution in [-0.4, -0.2) is 27.4 Å². The smallest absolute Gasteiger partial charge is 0.273 e. The van der Waals surface area contributed by atoms with Gasteiger partial charge in [0.05, 0.1) is 10.7 Å². The van der Waals surface area contributed by atoms with Crippen LogP contribution < -0.4 is 11.1 Å². The average Bonchev–Trinajstić information content (AvgIpc) is 2.96. The van der Waals surface area contributed by atoms with Crippen molar-refractivity contribution in [1.82, 2.24) is 20.3 Å². The lowest BCUT2D eigenvalue weighted by Gasteiger charge is -2.04. The number of carbonyl (C=O) groups excluding carboxylic acids is 1. The van der Waals surface area contributed by atoms with Crippen molar-refractivity contribution in [2.75, 3.05) is 12.3 Å². The van der Waals surface area contributed by atoms with Gasteiger partial charge in [0.2, 0.25) is 0 Å². The van der Waals surface area contributed by atoms with Crippen LogP contribution in [0.2, 0.25) is 0 Å². The van der Waals surface area contributed by atoms with Crippen LogP contribution >= 0.6 is 11.3 Å². The minimum atomic E-state index is -0.322. The molecular formula is C17H17N5OS. The molecule has 0 aliphatic heterocycles. The number of thiazole rings is 1. The fourth-order valence-electron chi connectivity index (χ4n) is 2.31. The lowest BCUT2D eigenvalue weighted by Crippen LogP contribution is -2.27. The van der Waals surface area contributed by atoms with Gasteiger partial charge >= 0.3 is 0 Å². The molecule has 1 aromatic carbocycles. The summed E-state index contributed by atoms with van der Waals surface area (Å²) in [5, 5.41) is 3.79. The maximum absolute atomic E-state index is 12.0. The van der Waals surface area contributed by atoms with E-state index in [2.05, 4.69) is 27.2 Å². The molecule has 0 fully saturated rings. The molecule has 2 heterocycles. The molecule has 24 heavy (non-hydrogen) atoms. The molecule has 0 aliphatic rings. The van der Waals surface area contributed by atoms with Gasteiger partial charge in [0.25, 0.3) is 5.91 Å². The maximum Gasteiger partial charge on any atom is 0.273 e. The van der Waals surface area contributed by atoms with Gasteiger partial charge in [0, 0.05) is 35.8 Å². The Labute approximate surface area is 143 Å². The highest BCUT2D eigenvalue weighted by Gasteiger charge is 2.13. The number of nitrogens with zero attached hydrogens (tertiary/aromatic N) is 3. The average molecular weight is 339 g/mol. The first-order valence-corrected chi connectivity index (χ1v) is 8.33. The van der Waals surface area contributed by atoms with Crippen molar-refractivity contribution in [3.8, 4) is 11.3 Å². The highest BCUT2D eigenvalue weighted by molar-refractivity contribution is 7.12. The summed E-state index contributed by atoms with van der Waals surface area (Å²) in [4.78, 5) is 25.7. The van der Waals surface area contributed by atoms with Gasteiger partial charge in [-0.2, -0.15) is 0 Å². The molecule has 0 bridgehead atoms. The first-order chi connectivity index (χ1) is 11.6. The molecule has 3 N–H and O–H groups in total. The minimum absolute atomic E-state index is 0.131. The molecule has 2 aromatic heterocycles. The van der Waals surface area contributed by atoms with Crippen molar-refractivity contribution in [2.24, 2.45) is 0 Å². The number of nitrogen functional groups attached to an aromatic ring is 1. The predicted octanol–water partition coefficient (Wildman–Crippen LogP) is 2.46. The largest absolute Gasteiger partial charge is 0.382 e. The van der Waals surface area contributed by atoms with E-state index < -0.39 is 0 Å². The van der Waals surface area contributed by atoms with Crippen molar-refractivity contribution in [3.63, 3.8) is 0 Å². The summed E-state index contributed by atoms with van der Waals surface area (Å²) in [6, 6.07) is 10.1. The second-order valence-corrected chi connectivity index (χ2v) is 6.46. The number of nitrogens with one attached hydrogen (secondary N) is 1. The molecule has 122 valence electrons. The highest BCUT2D eigenvalue weighted by Crippen LogP contribution is 2.27. The van der Waals surface area contributed by atoms with E-state index >= 15 is 0 Å². The number of hydrogen-bond acceptors (Lipinski definition) is 6. The van der Waals surface area contributed by atoms with Crippen LogP contribution in [0, 0.1) is 6.92 Å². The van der Waals surface area contributed by atoms with E-state index in [0.717, 1.165) is 16.3 Å². The zero-order chi connectivity index (χ0) is 16.9. The van der Waals surface area contributed by atoms with Crippen molar-refractivity contribution in [2.45, 2.75) is 13.3 Å². The van der Waals surface area contributed by atoms with E-state index in [9.17, 15) is 4.79 Å². The molecule has 3 rings (SSSR count). The number of amides is 1. The van der Waals surface area contributed by atoms with Gasteiger partial charge in [-0.15, -0.1) is 11.3 Å². The van der Waals surface area contributed by atoms with E-state index in [1.807, 2.05) is 30.3 Å². The number of aryl methyl sites for hydroxylation is 1. The Hall–Kier alpha value is -2.80. The van der Waals surface area contributed by atoms with Crippen LogP contribution in [0.1, 0.15) is 20.4 Å². The van der Waals surface area contributed by atoms with E-state index in [4.69, 9.17) is 5.73 Å². The Morgan fingerprint density at radius 3 is 2.71 bits per heavy atom. The first kappa shape index (κ1) is 16.1. The van der Waals surface area contributed by atoms with Crippen LogP contribution in [0.25, 0.3) is 11.3 Å². The van der Waals surface area contributed by atoms with Crippen molar-refractivity contribution in [3.05, 3.63) is 58.3 Å². The SMILES string of the molecule is Cc1sc(CCNC(=O)c2nccnc2N)nc1-c1ccccc1. The number of aromatic nitrogens is 3. The lowest BCUT2D eigenvalue weighted by molar-refractivity contribution is 0.0950. The maximum atomic E-state index is 12.0. The van der Waals surface area contributed by atoms with Crippen LogP contribution in [0.3, 0.4) is 0 Å². The number of hydrogen-bond donors (Lipinski definition) is 2. The molecule has 7 heteroatoms. The van der Waals surface area contributed by atoms with Crippen LogP contribution in [0.4, 0.5) is 5.82 Å². The lowest BCUT2D eigenvalue weighted by atomic mass is 10.1. The van der Waals surface area contributed by atoms with Crippen molar-refractivity contribution in [1.29, 1.82) is 0 Å². The molecule has 0 unspecified atom stereocenters. The summed E-state index contributed by atoms with van der Waals surface area (Å²) in [5.41, 5.74) is 7.90. The number of anilines is 1. The van der Waals surface area contributed by atoms with Gasteiger partial charge in [0.1, 0.15) is 0 Å². The second kappa shape index (κ2) is 7.18. The summed E-state index contributed by atoms with van der Waals surface area (Å²) >= 11 is 1.64. The predicted molar refractivity (Wildman–Crippen MR) is 94.8 cm³/mol. The monoisotopic (exact) mass is 339 g/mol.